The SMILES string of the molecule is OOC1(OOC2(OO)CCCCCC2)CCCCCC1. The minimum atomic E-state index is -1.13. The summed E-state index contributed by atoms with van der Waals surface area (Å²) in [4.78, 5) is 20.0. The summed E-state index contributed by atoms with van der Waals surface area (Å²) in [5, 5.41) is 18.4. The molecule has 2 fully saturated rings. The zero-order valence-electron chi connectivity index (χ0n) is 12.0. The molecule has 0 heterocycles. The van der Waals surface area contributed by atoms with Crippen molar-refractivity contribution in [3.8, 4) is 0 Å². The van der Waals surface area contributed by atoms with Crippen LogP contribution in [0.15, 0.2) is 0 Å². The highest BCUT2D eigenvalue weighted by Crippen LogP contribution is 2.36. The molecule has 0 bridgehead atoms. The summed E-state index contributed by atoms with van der Waals surface area (Å²) in [6.07, 6.45) is 10.3. The Morgan fingerprint density at radius 1 is 0.500 bits per heavy atom. The van der Waals surface area contributed by atoms with Crippen molar-refractivity contribution < 1.29 is 30.1 Å². The van der Waals surface area contributed by atoms with E-state index in [9.17, 15) is 10.5 Å². The summed E-state index contributed by atoms with van der Waals surface area (Å²) < 4.78 is 0. The van der Waals surface area contributed by atoms with Crippen LogP contribution in [0.5, 0.6) is 0 Å². The average molecular weight is 290 g/mol. The van der Waals surface area contributed by atoms with Crippen molar-refractivity contribution in [1.29, 1.82) is 0 Å². The van der Waals surface area contributed by atoms with Gasteiger partial charge in [0.05, 0.1) is 0 Å². The van der Waals surface area contributed by atoms with Crippen LogP contribution in [0.1, 0.15) is 77.0 Å². The average Bonchev–Trinajstić information content (AvgIpc) is 2.87. The predicted molar refractivity (Wildman–Crippen MR) is 70.5 cm³/mol. The zero-order chi connectivity index (χ0) is 14.3. The van der Waals surface area contributed by atoms with E-state index >= 15 is 0 Å². The van der Waals surface area contributed by atoms with E-state index < -0.39 is 11.6 Å². The maximum atomic E-state index is 9.20. The Morgan fingerprint density at radius 3 is 1.05 bits per heavy atom. The molecule has 2 aliphatic carbocycles. The van der Waals surface area contributed by atoms with E-state index in [1.807, 2.05) is 0 Å². The summed E-state index contributed by atoms with van der Waals surface area (Å²) in [7, 11) is 0. The van der Waals surface area contributed by atoms with Gasteiger partial charge >= 0.3 is 0 Å². The molecule has 6 heteroatoms. The van der Waals surface area contributed by atoms with Crippen LogP contribution in [0.3, 0.4) is 0 Å². The van der Waals surface area contributed by atoms with Gasteiger partial charge < -0.3 is 0 Å². The van der Waals surface area contributed by atoms with Crippen LogP contribution in [0.4, 0.5) is 0 Å². The Bertz CT molecular complexity index is 239. The maximum Gasteiger partial charge on any atom is 0.233 e. The summed E-state index contributed by atoms with van der Waals surface area (Å²) in [6, 6.07) is 0. The lowest BCUT2D eigenvalue weighted by Gasteiger charge is -2.33. The molecular weight excluding hydrogens is 264 g/mol. The number of rotatable bonds is 5. The van der Waals surface area contributed by atoms with Gasteiger partial charge in [-0.15, -0.1) is 0 Å². The third-order valence-corrected chi connectivity index (χ3v) is 4.41. The molecule has 0 aromatic heterocycles. The normalized spacial score (nSPS) is 26.7. The van der Waals surface area contributed by atoms with Crippen molar-refractivity contribution in [2.24, 2.45) is 0 Å². The molecule has 0 unspecified atom stereocenters. The molecule has 0 atom stereocenters. The Hall–Kier alpha value is -0.240. The van der Waals surface area contributed by atoms with E-state index in [1.54, 1.807) is 0 Å². The van der Waals surface area contributed by atoms with E-state index in [2.05, 4.69) is 9.78 Å². The largest absolute Gasteiger partial charge is 0.249 e. The fourth-order valence-corrected chi connectivity index (χ4v) is 3.07. The van der Waals surface area contributed by atoms with Gasteiger partial charge in [-0.2, -0.15) is 9.78 Å². The fourth-order valence-electron chi connectivity index (χ4n) is 3.07. The van der Waals surface area contributed by atoms with Gasteiger partial charge in [0.25, 0.3) is 0 Å². The lowest BCUT2D eigenvalue weighted by Crippen LogP contribution is -2.42. The van der Waals surface area contributed by atoms with E-state index in [1.165, 1.54) is 0 Å². The van der Waals surface area contributed by atoms with Crippen molar-refractivity contribution in [3.63, 3.8) is 0 Å². The predicted octanol–water partition coefficient (Wildman–Crippen LogP) is 4.01. The minimum Gasteiger partial charge on any atom is -0.249 e. The summed E-state index contributed by atoms with van der Waals surface area (Å²) >= 11 is 0. The summed E-state index contributed by atoms with van der Waals surface area (Å²) in [5.41, 5.74) is 0. The third kappa shape index (κ3) is 4.13. The Labute approximate surface area is 119 Å². The topological polar surface area (TPSA) is 77.4 Å². The first kappa shape index (κ1) is 16.1. The molecule has 0 spiro atoms. The van der Waals surface area contributed by atoms with Gasteiger partial charge in [0.2, 0.25) is 11.6 Å². The molecule has 2 N–H and O–H groups in total. The molecule has 118 valence electrons. The van der Waals surface area contributed by atoms with Crippen molar-refractivity contribution >= 4 is 0 Å². The van der Waals surface area contributed by atoms with Crippen LogP contribution in [0.25, 0.3) is 0 Å². The van der Waals surface area contributed by atoms with Gasteiger partial charge in [-0.05, 0) is 25.7 Å². The maximum absolute atomic E-state index is 9.20. The van der Waals surface area contributed by atoms with Crippen LogP contribution >= 0.6 is 0 Å². The van der Waals surface area contributed by atoms with E-state index in [-0.39, 0.29) is 0 Å². The van der Waals surface area contributed by atoms with Gasteiger partial charge in [0, 0.05) is 25.7 Å². The first-order chi connectivity index (χ1) is 9.74. The lowest BCUT2D eigenvalue weighted by molar-refractivity contribution is -0.574. The number of hydrogen-bond acceptors (Lipinski definition) is 6. The Morgan fingerprint density at radius 2 is 0.800 bits per heavy atom. The van der Waals surface area contributed by atoms with Crippen molar-refractivity contribution in [2.75, 3.05) is 0 Å². The molecule has 2 rings (SSSR count). The highest BCUT2D eigenvalue weighted by Gasteiger charge is 2.41. The van der Waals surface area contributed by atoms with E-state index in [0.717, 1.165) is 51.4 Å². The number of hydrogen-bond donors (Lipinski definition) is 2. The van der Waals surface area contributed by atoms with Crippen molar-refractivity contribution in [2.45, 2.75) is 88.6 Å². The van der Waals surface area contributed by atoms with Crippen LogP contribution < -0.4 is 0 Å². The summed E-state index contributed by atoms with van der Waals surface area (Å²) in [5.74, 6) is -2.26. The standard InChI is InChI=1S/C14H26O6/c15-17-13(9-5-1-2-6-10-13)19-20-14(18-16)11-7-3-4-8-12-14/h15-16H,1-12H2. The van der Waals surface area contributed by atoms with Crippen LogP contribution in [0, 0.1) is 0 Å². The molecule has 0 aromatic rings. The molecule has 2 saturated carbocycles. The van der Waals surface area contributed by atoms with Gasteiger partial charge in [-0.3, -0.25) is 0 Å². The quantitative estimate of drug-likeness (QED) is 0.345. The van der Waals surface area contributed by atoms with Gasteiger partial charge in [-0.25, -0.2) is 20.3 Å². The molecule has 0 saturated heterocycles. The van der Waals surface area contributed by atoms with Crippen molar-refractivity contribution in [3.05, 3.63) is 0 Å². The first-order valence-electron chi connectivity index (χ1n) is 7.76. The molecule has 0 aliphatic heterocycles. The lowest BCUT2D eigenvalue weighted by atomic mass is 10.1. The smallest absolute Gasteiger partial charge is 0.233 e. The van der Waals surface area contributed by atoms with Crippen LogP contribution in [0.2, 0.25) is 0 Å². The second-order valence-electron chi connectivity index (χ2n) is 6.00. The van der Waals surface area contributed by atoms with E-state index in [4.69, 9.17) is 9.78 Å². The fraction of sp³-hybridized carbons (Fsp3) is 1.00. The molecular formula is C14H26O6. The molecule has 0 radical (unpaired) electrons. The molecule has 2 aliphatic rings. The highest BCUT2D eigenvalue weighted by atomic mass is 17.3. The summed E-state index contributed by atoms with van der Waals surface area (Å²) in [6.45, 7) is 0. The molecule has 20 heavy (non-hydrogen) atoms. The van der Waals surface area contributed by atoms with E-state index in [0.29, 0.717) is 25.7 Å². The second-order valence-corrected chi connectivity index (χ2v) is 6.00. The van der Waals surface area contributed by atoms with Crippen molar-refractivity contribution in [1.82, 2.24) is 0 Å². The van der Waals surface area contributed by atoms with Gasteiger partial charge in [0.15, 0.2) is 0 Å². The van der Waals surface area contributed by atoms with Crippen LogP contribution in [-0.2, 0) is 19.6 Å². The first-order valence-corrected chi connectivity index (χ1v) is 7.76. The Balaban J connectivity index is 1.95. The molecule has 0 amide bonds. The zero-order valence-corrected chi connectivity index (χ0v) is 12.0. The van der Waals surface area contributed by atoms with Gasteiger partial charge in [0.1, 0.15) is 0 Å². The van der Waals surface area contributed by atoms with Crippen LogP contribution in [-0.4, -0.2) is 22.1 Å². The second kappa shape index (κ2) is 7.68. The molecule has 0 aromatic carbocycles. The van der Waals surface area contributed by atoms with Gasteiger partial charge in [-0.1, -0.05) is 25.7 Å². The Kier molecular flexibility index (Phi) is 6.20. The molecule has 6 nitrogen and oxygen atoms in total. The third-order valence-electron chi connectivity index (χ3n) is 4.41. The highest BCUT2D eigenvalue weighted by molar-refractivity contribution is 4.74. The minimum absolute atomic E-state index is 0.574. The monoisotopic (exact) mass is 290 g/mol.